The van der Waals surface area contributed by atoms with Gasteiger partial charge in [-0.15, -0.1) is 0 Å². The molecular weight excluding hydrogens is 294 g/mol. The summed E-state index contributed by atoms with van der Waals surface area (Å²) in [6.07, 6.45) is 6.58. The Bertz CT molecular complexity index is 742. The molecule has 2 saturated heterocycles. The van der Waals surface area contributed by atoms with Crippen LogP contribution in [0.3, 0.4) is 0 Å². The van der Waals surface area contributed by atoms with Crippen molar-refractivity contribution in [3.63, 3.8) is 0 Å². The highest BCUT2D eigenvalue weighted by atomic mass is 32.2. The van der Waals surface area contributed by atoms with E-state index in [0.29, 0.717) is 0 Å². The fourth-order valence-electron chi connectivity index (χ4n) is 3.91. The maximum Gasteiger partial charge on any atom is 0.166 e. The highest BCUT2D eigenvalue weighted by molar-refractivity contribution is 7.86. The first kappa shape index (κ1) is 14.1. The van der Waals surface area contributed by atoms with E-state index >= 15 is 0 Å². The van der Waals surface area contributed by atoms with Gasteiger partial charge in [-0.2, -0.15) is 0 Å². The van der Waals surface area contributed by atoms with Gasteiger partial charge in [0.25, 0.3) is 0 Å². The standard InChI is InChI=1S/C18H19NO2S/c20-18(13-6-7-17-12(9-13)3-2-8-19-17)14-10-15-4-1-5-16(11-14)22(15)21/h2-3,6-9,14-16H,1,4-5,10-11H2. The van der Waals surface area contributed by atoms with E-state index in [9.17, 15) is 9.00 Å². The summed E-state index contributed by atoms with van der Waals surface area (Å²) in [4.78, 5) is 17.2. The van der Waals surface area contributed by atoms with E-state index in [2.05, 4.69) is 4.98 Å². The molecule has 2 unspecified atom stereocenters. The molecular formula is C18H19NO2S. The first-order valence-electron chi connectivity index (χ1n) is 8.01. The number of carbonyl (C=O) groups is 1. The van der Waals surface area contributed by atoms with Gasteiger partial charge in [0, 0.05) is 44.4 Å². The molecule has 0 amide bonds. The lowest BCUT2D eigenvalue weighted by atomic mass is 9.84. The summed E-state index contributed by atoms with van der Waals surface area (Å²) in [5, 5.41) is 1.49. The summed E-state index contributed by atoms with van der Waals surface area (Å²) in [6.45, 7) is 0. The number of nitrogens with zero attached hydrogens (tertiary/aromatic N) is 1. The smallest absolute Gasteiger partial charge is 0.166 e. The van der Waals surface area contributed by atoms with Gasteiger partial charge in [0.05, 0.1) is 5.52 Å². The van der Waals surface area contributed by atoms with Crippen LogP contribution in [0, 0.1) is 5.92 Å². The minimum absolute atomic E-state index is 0.0436. The third-order valence-corrected chi connectivity index (χ3v) is 7.23. The molecule has 3 heterocycles. The van der Waals surface area contributed by atoms with Gasteiger partial charge in [-0.25, -0.2) is 0 Å². The van der Waals surface area contributed by atoms with Crippen LogP contribution >= 0.6 is 0 Å². The van der Waals surface area contributed by atoms with Crippen LogP contribution in [0.4, 0.5) is 0 Å². The molecule has 4 rings (SSSR count). The first-order valence-corrected chi connectivity index (χ1v) is 9.28. The molecule has 114 valence electrons. The van der Waals surface area contributed by atoms with Crippen molar-refractivity contribution in [3.8, 4) is 0 Å². The van der Waals surface area contributed by atoms with Gasteiger partial charge in [-0.05, 0) is 49.9 Å². The molecule has 1 aromatic heterocycles. The number of benzene rings is 1. The van der Waals surface area contributed by atoms with Gasteiger partial charge in [-0.3, -0.25) is 14.0 Å². The predicted octanol–water partition coefficient (Wildman–Crippen LogP) is 3.50. The second-order valence-electron chi connectivity index (χ2n) is 6.45. The van der Waals surface area contributed by atoms with Gasteiger partial charge < -0.3 is 0 Å². The van der Waals surface area contributed by atoms with Crippen LogP contribution < -0.4 is 0 Å². The Kier molecular flexibility index (Phi) is 3.57. The Morgan fingerprint density at radius 1 is 1.14 bits per heavy atom. The highest BCUT2D eigenvalue weighted by Crippen LogP contribution is 2.38. The van der Waals surface area contributed by atoms with Crippen LogP contribution in [-0.2, 0) is 10.8 Å². The third-order valence-electron chi connectivity index (χ3n) is 5.06. The summed E-state index contributed by atoms with van der Waals surface area (Å²) < 4.78 is 12.3. The number of aromatic nitrogens is 1. The molecule has 0 N–H and O–H groups in total. The zero-order valence-corrected chi connectivity index (χ0v) is 13.2. The average Bonchev–Trinajstić information content (AvgIpc) is 2.53. The number of carbonyl (C=O) groups excluding carboxylic acids is 1. The summed E-state index contributed by atoms with van der Waals surface area (Å²) in [5.74, 6) is 0.265. The van der Waals surface area contributed by atoms with Crippen LogP contribution in [0.1, 0.15) is 42.5 Å². The largest absolute Gasteiger partial charge is 0.294 e. The molecule has 2 aromatic rings. The topological polar surface area (TPSA) is 47.0 Å². The second-order valence-corrected chi connectivity index (χ2v) is 8.44. The van der Waals surface area contributed by atoms with Gasteiger partial charge >= 0.3 is 0 Å². The molecule has 1 aromatic carbocycles. The molecule has 0 spiro atoms. The van der Waals surface area contributed by atoms with E-state index in [0.717, 1.165) is 42.1 Å². The molecule has 22 heavy (non-hydrogen) atoms. The Balaban J connectivity index is 1.61. The maximum absolute atomic E-state index is 12.9. The minimum Gasteiger partial charge on any atom is -0.294 e. The first-order chi connectivity index (χ1) is 10.7. The van der Waals surface area contributed by atoms with E-state index in [4.69, 9.17) is 0 Å². The van der Waals surface area contributed by atoms with Gasteiger partial charge in [0.15, 0.2) is 5.78 Å². The molecule has 2 bridgehead atoms. The summed E-state index contributed by atoms with van der Waals surface area (Å²) in [6, 6.07) is 9.64. The normalized spacial score (nSPS) is 31.1. The minimum atomic E-state index is -0.714. The van der Waals surface area contributed by atoms with Crippen molar-refractivity contribution >= 4 is 27.5 Å². The van der Waals surface area contributed by atoms with Crippen LogP contribution in [-0.4, -0.2) is 25.5 Å². The van der Waals surface area contributed by atoms with Crippen LogP contribution in [0.2, 0.25) is 0 Å². The second kappa shape index (κ2) is 5.58. The fraction of sp³-hybridized carbons (Fsp3) is 0.444. The quantitative estimate of drug-likeness (QED) is 0.797. The average molecular weight is 313 g/mol. The monoisotopic (exact) mass is 313 g/mol. The molecule has 2 fully saturated rings. The van der Waals surface area contributed by atoms with Crippen molar-refractivity contribution in [1.82, 2.24) is 4.98 Å². The van der Waals surface area contributed by atoms with Crippen molar-refractivity contribution in [2.75, 3.05) is 0 Å². The Hall–Kier alpha value is -1.55. The fourth-order valence-corrected chi connectivity index (χ4v) is 6.10. The molecule has 4 heteroatoms. The summed E-state index contributed by atoms with van der Waals surface area (Å²) >= 11 is 0. The van der Waals surface area contributed by atoms with Gasteiger partial charge in [0.1, 0.15) is 0 Å². The van der Waals surface area contributed by atoms with E-state index in [1.54, 1.807) is 6.20 Å². The van der Waals surface area contributed by atoms with Crippen molar-refractivity contribution in [2.45, 2.75) is 42.6 Å². The zero-order valence-electron chi connectivity index (χ0n) is 12.4. The number of Topliss-reactive ketones (excluding diaryl/α,β-unsaturated/α-hetero) is 1. The van der Waals surface area contributed by atoms with Crippen LogP contribution in [0.5, 0.6) is 0 Å². The van der Waals surface area contributed by atoms with Gasteiger partial charge in [-0.1, -0.05) is 12.5 Å². The van der Waals surface area contributed by atoms with Crippen molar-refractivity contribution in [3.05, 3.63) is 42.1 Å². The van der Waals surface area contributed by atoms with Crippen molar-refractivity contribution in [1.29, 1.82) is 0 Å². The van der Waals surface area contributed by atoms with Crippen LogP contribution in [0.15, 0.2) is 36.5 Å². The molecule has 2 atom stereocenters. The van der Waals surface area contributed by atoms with E-state index in [1.165, 1.54) is 6.42 Å². The van der Waals surface area contributed by atoms with Gasteiger partial charge in [0.2, 0.25) is 0 Å². The van der Waals surface area contributed by atoms with E-state index < -0.39 is 10.8 Å². The lowest BCUT2D eigenvalue weighted by Gasteiger charge is -2.37. The zero-order chi connectivity index (χ0) is 15.1. The molecule has 2 aliphatic rings. The van der Waals surface area contributed by atoms with E-state index in [1.807, 2.05) is 30.3 Å². The summed E-state index contributed by atoms with van der Waals surface area (Å²) in [5.41, 5.74) is 1.69. The lowest BCUT2D eigenvalue weighted by molar-refractivity contribution is 0.0895. The number of rotatable bonds is 2. The number of hydrogen-bond donors (Lipinski definition) is 0. The number of ketones is 1. The van der Waals surface area contributed by atoms with Crippen molar-refractivity contribution in [2.24, 2.45) is 5.92 Å². The molecule has 0 aliphatic carbocycles. The lowest BCUT2D eigenvalue weighted by Crippen LogP contribution is -2.41. The molecule has 0 radical (unpaired) electrons. The maximum atomic E-state index is 12.9. The molecule has 0 saturated carbocycles. The predicted molar refractivity (Wildman–Crippen MR) is 88.4 cm³/mol. The highest BCUT2D eigenvalue weighted by Gasteiger charge is 2.40. The number of fused-ring (bicyclic) bond motifs is 3. The molecule has 2 aliphatic heterocycles. The van der Waals surface area contributed by atoms with Crippen molar-refractivity contribution < 1.29 is 9.00 Å². The number of pyridine rings is 1. The van der Waals surface area contributed by atoms with Crippen LogP contribution in [0.25, 0.3) is 10.9 Å². The third kappa shape index (κ3) is 2.39. The summed E-state index contributed by atoms with van der Waals surface area (Å²) in [7, 11) is -0.714. The number of hydrogen-bond acceptors (Lipinski definition) is 3. The Morgan fingerprint density at radius 2 is 1.91 bits per heavy atom. The SMILES string of the molecule is O=C(c1ccc2ncccc2c1)C1CC2CCCC(C1)S2=O. The Labute approximate surface area is 132 Å². The molecule has 3 nitrogen and oxygen atoms in total. The Morgan fingerprint density at radius 3 is 2.68 bits per heavy atom. The van der Waals surface area contributed by atoms with E-state index in [-0.39, 0.29) is 22.2 Å².